The Balaban J connectivity index is 1.26. The van der Waals surface area contributed by atoms with E-state index in [0.717, 1.165) is 21.4 Å². The molecular weight excluding hydrogens is 468 g/mol. The summed E-state index contributed by atoms with van der Waals surface area (Å²) >= 11 is 7.52. The highest BCUT2D eigenvalue weighted by Crippen LogP contribution is 2.38. The third-order valence-electron chi connectivity index (χ3n) is 5.78. The van der Waals surface area contributed by atoms with E-state index in [1.165, 1.54) is 16.1 Å². The monoisotopic (exact) mass is 489 g/mol. The number of hydrogen-bond acceptors (Lipinski definition) is 5. The zero-order valence-electron chi connectivity index (χ0n) is 17.4. The fourth-order valence-corrected chi connectivity index (χ4v) is 6.82. The van der Waals surface area contributed by atoms with E-state index in [-0.39, 0.29) is 29.3 Å². The molecule has 10 heteroatoms. The van der Waals surface area contributed by atoms with E-state index in [0.29, 0.717) is 18.1 Å². The lowest BCUT2D eigenvalue weighted by molar-refractivity contribution is -0.673. The van der Waals surface area contributed by atoms with Gasteiger partial charge in [0.05, 0.1) is 15.5 Å². The number of aromatic nitrogens is 1. The van der Waals surface area contributed by atoms with E-state index in [9.17, 15) is 13.2 Å². The first-order valence-corrected chi connectivity index (χ1v) is 12.9. The predicted octanol–water partition coefficient (Wildman–Crippen LogP) is 2.69. The first-order chi connectivity index (χ1) is 15.3. The van der Waals surface area contributed by atoms with Gasteiger partial charge < -0.3 is 10.2 Å². The maximum atomic E-state index is 13.2. The largest absolute Gasteiger partial charge is 0.364 e. The number of carbonyl (C=O) groups is 1. The Morgan fingerprint density at radius 3 is 2.59 bits per heavy atom. The number of sulfonamides is 1. The lowest BCUT2D eigenvalue weighted by atomic mass is 10.1. The van der Waals surface area contributed by atoms with E-state index < -0.39 is 10.0 Å². The Bertz CT molecular complexity index is 1320. The minimum Gasteiger partial charge on any atom is -0.364 e. The van der Waals surface area contributed by atoms with Gasteiger partial charge in [-0.15, -0.1) is 0 Å². The number of pyridine rings is 1. The van der Waals surface area contributed by atoms with Gasteiger partial charge in [-0.05, 0) is 35.0 Å². The second-order valence-electron chi connectivity index (χ2n) is 7.91. The predicted molar refractivity (Wildman–Crippen MR) is 125 cm³/mol. The number of anilines is 1. The lowest BCUT2D eigenvalue weighted by Gasteiger charge is -2.35. The molecule has 3 aromatic rings. The van der Waals surface area contributed by atoms with Crippen LogP contribution >= 0.6 is 23.4 Å². The number of nitrogens with one attached hydrogen (secondary N) is 1. The van der Waals surface area contributed by atoms with Crippen LogP contribution in [-0.2, 0) is 21.9 Å². The summed E-state index contributed by atoms with van der Waals surface area (Å²) < 4.78 is 29.8. The maximum Gasteiger partial charge on any atom is 0.256 e. The summed E-state index contributed by atoms with van der Waals surface area (Å²) in [4.78, 5) is 16.0. The lowest BCUT2D eigenvalue weighted by Crippen LogP contribution is -2.53. The number of carbonyl (C=O) groups excluding carboxylic acids is 1. The van der Waals surface area contributed by atoms with Gasteiger partial charge in [-0.3, -0.25) is 4.79 Å². The van der Waals surface area contributed by atoms with Crippen LogP contribution in [-0.4, -0.2) is 55.1 Å². The van der Waals surface area contributed by atoms with Crippen LogP contribution in [0, 0.1) is 0 Å². The molecule has 2 aliphatic rings. The molecule has 1 unspecified atom stereocenters. The summed E-state index contributed by atoms with van der Waals surface area (Å²) in [6.07, 6.45) is 3.92. The molecule has 2 aromatic carbocycles. The fraction of sp³-hybridized carbons (Fsp3) is 0.273. The topological polar surface area (TPSA) is 73.6 Å². The van der Waals surface area contributed by atoms with Crippen molar-refractivity contribution in [3.63, 3.8) is 0 Å². The SMILES string of the molecule is C[n+]1ccc2c(c1)SC(C(=O)N1CCN(S(=O)(=O)c3ccc4cc(Cl)ccc4c3)CC1)N2. The molecule has 0 bridgehead atoms. The molecule has 166 valence electrons. The van der Waals surface area contributed by atoms with Crippen molar-refractivity contribution in [3.8, 4) is 0 Å². The van der Waals surface area contributed by atoms with Gasteiger partial charge in [-0.1, -0.05) is 35.5 Å². The van der Waals surface area contributed by atoms with E-state index in [1.807, 2.05) is 42.2 Å². The van der Waals surface area contributed by atoms with Crippen LogP contribution < -0.4 is 9.88 Å². The first kappa shape index (κ1) is 21.5. The summed E-state index contributed by atoms with van der Waals surface area (Å²) in [5.74, 6) is -0.0199. The number of amides is 1. The van der Waals surface area contributed by atoms with Gasteiger partial charge in [0.1, 0.15) is 7.05 Å². The Labute approximate surface area is 196 Å². The van der Waals surface area contributed by atoms with E-state index >= 15 is 0 Å². The average Bonchev–Trinajstić information content (AvgIpc) is 3.21. The summed E-state index contributed by atoms with van der Waals surface area (Å²) in [5, 5.41) is 5.20. The molecular formula is C22H22ClN4O3S2+. The van der Waals surface area contributed by atoms with Gasteiger partial charge in [0.2, 0.25) is 10.0 Å². The van der Waals surface area contributed by atoms with Gasteiger partial charge in [0, 0.05) is 37.3 Å². The van der Waals surface area contributed by atoms with Crippen molar-refractivity contribution in [1.82, 2.24) is 9.21 Å². The molecule has 1 saturated heterocycles. The van der Waals surface area contributed by atoms with Crippen LogP contribution in [0.5, 0.6) is 0 Å². The number of fused-ring (bicyclic) bond motifs is 2. The third-order valence-corrected chi connectivity index (χ3v) is 9.04. The molecule has 1 atom stereocenters. The molecule has 2 aliphatic heterocycles. The van der Waals surface area contributed by atoms with Crippen molar-refractivity contribution in [2.45, 2.75) is 15.2 Å². The number of rotatable bonds is 3. The quantitative estimate of drug-likeness (QED) is 0.573. The molecule has 1 N–H and O–H groups in total. The van der Waals surface area contributed by atoms with Crippen LogP contribution in [0.3, 0.4) is 0 Å². The van der Waals surface area contributed by atoms with Crippen LogP contribution in [0.25, 0.3) is 10.8 Å². The van der Waals surface area contributed by atoms with Gasteiger partial charge in [0.25, 0.3) is 5.91 Å². The summed E-state index contributed by atoms with van der Waals surface area (Å²) in [7, 11) is -1.70. The Morgan fingerprint density at radius 1 is 1.09 bits per heavy atom. The number of aryl methyl sites for hydroxylation is 1. The van der Waals surface area contributed by atoms with E-state index in [2.05, 4.69) is 5.32 Å². The molecule has 3 heterocycles. The number of benzene rings is 2. The fourth-order valence-electron chi connectivity index (χ4n) is 4.01. The minimum atomic E-state index is -3.64. The number of nitrogens with zero attached hydrogens (tertiary/aromatic N) is 3. The van der Waals surface area contributed by atoms with Crippen LogP contribution in [0.4, 0.5) is 5.69 Å². The van der Waals surface area contributed by atoms with Gasteiger partial charge in [0.15, 0.2) is 17.8 Å². The van der Waals surface area contributed by atoms with Crippen LogP contribution in [0.1, 0.15) is 0 Å². The van der Waals surface area contributed by atoms with Crippen LogP contribution in [0.2, 0.25) is 5.02 Å². The molecule has 0 radical (unpaired) electrons. The molecule has 1 amide bonds. The zero-order valence-corrected chi connectivity index (χ0v) is 19.8. The second-order valence-corrected chi connectivity index (χ2v) is 11.4. The van der Waals surface area contributed by atoms with Crippen molar-refractivity contribution >= 4 is 55.8 Å². The van der Waals surface area contributed by atoms with Crippen molar-refractivity contribution in [2.75, 3.05) is 31.5 Å². The molecule has 7 nitrogen and oxygen atoms in total. The molecule has 1 fully saturated rings. The van der Waals surface area contributed by atoms with Gasteiger partial charge in [-0.25, -0.2) is 13.0 Å². The van der Waals surface area contributed by atoms with Crippen molar-refractivity contribution in [2.24, 2.45) is 7.05 Å². The number of thioether (sulfide) groups is 1. The summed E-state index contributed by atoms with van der Waals surface area (Å²) in [6.45, 7) is 1.27. The minimum absolute atomic E-state index is 0.0199. The number of hydrogen-bond donors (Lipinski definition) is 1. The average molecular weight is 490 g/mol. The molecule has 1 aromatic heterocycles. The Morgan fingerprint density at radius 2 is 1.81 bits per heavy atom. The molecule has 0 saturated carbocycles. The summed E-state index contributed by atoms with van der Waals surface area (Å²) in [6, 6.07) is 12.4. The van der Waals surface area contributed by atoms with Crippen molar-refractivity contribution < 1.29 is 17.8 Å². The Hall–Kier alpha value is -2.33. The molecule has 5 rings (SSSR count). The molecule has 0 aliphatic carbocycles. The van der Waals surface area contributed by atoms with Crippen LogP contribution in [0.15, 0.2) is 64.6 Å². The maximum absolute atomic E-state index is 13.2. The van der Waals surface area contributed by atoms with Gasteiger partial charge >= 0.3 is 0 Å². The number of piperazine rings is 1. The Kier molecular flexibility index (Phi) is 5.53. The van der Waals surface area contributed by atoms with Gasteiger partial charge in [-0.2, -0.15) is 4.31 Å². The second kappa shape index (κ2) is 8.22. The van der Waals surface area contributed by atoms with E-state index in [4.69, 9.17) is 11.6 Å². The smallest absolute Gasteiger partial charge is 0.256 e. The standard InChI is InChI=1S/C22H21ClN4O3S2/c1-25-7-6-19-20(14-25)31-21(24-19)22(28)26-8-10-27(11-9-26)32(29,30)18-5-3-15-12-17(23)4-2-16(15)13-18/h2-7,12-14,21H,8-11H2,1H3/p+1. The highest BCUT2D eigenvalue weighted by molar-refractivity contribution is 8.01. The highest BCUT2D eigenvalue weighted by atomic mass is 35.5. The normalized spacial score (nSPS) is 19.1. The van der Waals surface area contributed by atoms with Crippen molar-refractivity contribution in [1.29, 1.82) is 0 Å². The van der Waals surface area contributed by atoms with E-state index in [1.54, 1.807) is 29.2 Å². The molecule has 0 spiro atoms. The number of halogens is 1. The molecule has 32 heavy (non-hydrogen) atoms. The van der Waals surface area contributed by atoms with Crippen molar-refractivity contribution in [3.05, 3.63) is 59.9 Å². The summed E-state index contributed by atoms with van der Waals surface area (Å²) in [5.41, 5.74) is 0.949. The highest BCUT2D eigenvalue weighted by Gasteiger charge is 2.36. The third kappa shape index (κ3) is 3.94. The first-order valence-electron chi connectivity index (χ1n) is 10.2. The zero-order chi connectivity index (χ0) is 22.5.